The number of rotatable bonds is 7. The molecule has 1 heterocycles. The number of hydrogen-bond acceptors (Lipinski definition) is 5. The molecule has 1 aliphatic carbocycles. The fourth-order valence-electron chi connectivity index (χ4n) is 2.77. The van der Waals surface area contributed by atoms with Gasteiger partial charge in [-0.25, -0.2) is 9.97 Å². The number of anilines is 2. The van der Waals surface area contributed by atoms with Crippen molar-refractivity contribution in [3.63, 3.8) is 0 Å². The minimum absolute atomic E-state index is 0.397. The van der Waals surface area contributed by atoms with E-state index in [4.69, 9.17) is 0 Å². The molecule has 0 aromatic carbocycles. The molecule has 0 amide bonds. The Morgan fingerprint density at radius 1 is 1.20 bits per heavy atom. The minimum Gasteiger partial charge on any atom is -0.370 e. The summed E-state index contributed by atoms with van der Waals surface area (Å²) in [6.45, 7) is 6.19. The van der Waals surface area contributed by atoms with E-state index in [0.29, 0.717) is 4.75 Å². The van der Waals surface area contributed by atoms with Gasteiger partial charge in [-0.2, -0.15) is 11.8 Å². The average molecular weight is 294 g/mol. The van der Waals surface area contributed by atoms with Crippen molar-refractivity contribution >= 4 is 23.4 Å². The summed E-state index contributed by atoms with van der Waals surface area (Å²) >= 11 is 2.00. The molecule has 0 aliphatic heterocycles. The van der Waals surface area contributed by atoms with E-state index in [0.717, 1.165) is 36.7 Å². The van der Waals surface area contributed by atoms with Gasteiger partial charge in [0.1, 0.15) is 18.0 Å². The van der Waals surface area contributed by atoms with E-state index in [-0.39, 0.29) is 0 Å². The molecule has 1 aliphatic rings. The third-order valence-corrected chi connectivity index (χ3v) is 5.57. The summed E-state index contributed by atoms with van der Waals surface area (Å²) in [5, 5.41) is 6.91. The van der Waals surface area contributed by atoms with E-state index in [9.17, 15) is 0 Å². The molecule has 1 aromatic rings. The smallest absolute Gasteiger partial charge is 0.134 e. The maximum absolute atomic E-state index is 4.40. The molecule has 1 aromatic heterocycles. The van der Waals surface area contributed by atoms with Crippen molar-refractivity contribution in [2.45, 2.75) is 50.7 Å². The van der Waals surface area contributed by atoms with Crippen LogP contribution in [0.4, 0.5) is 11.6 Å². The molecule has 2 N–H and O–H groups in total. The largest absolute Gasteiger partial charge is 0.370 e. The lowest BCUT2D eigenvalue weighted by Gasteiger charge is -2.27. The van der Waals surface area contributed by atoms with E-state index in [1.807, 2.05) is 11.8 Å². The zero-order valence-electron chi connectivity index (χ0n) is 12.8. The van der Waals surface area contributed by atoms with E-state index >= 15 is 0 Å². The van der Waals surface area contributed by atoms with Crippen molar-refractivity contribution in [2.75, 3.05) is 30.0 Å². The second-order valence-electron chi connectivity index (χ2n) is 5.57. The van der Waals surface area contributed by atoms with Crippen LogP contribution in [0.15, 0.2) is 6.33 Å². The van der Waals surface area contributed by atoms with Gasteiger partial charge < -0.3 is 10.6 Å². The first-order valence-electron chi connectivity index (χ1n) is 7.55. The van der Waals surface area contributed by atoms with Crippen molar-refractivity contribution in [1.82, 2.24) is 9.97 Å². The molecule has 2 rings (SSSR count). The third kappa shape index (κ3) is 3.57. The van der Waals surface area contributed by atoms with Gasteiger partial charge in [0.15, 0.2) is 0 Å². The van der Waals surface area contributed by atoms with Crippen LogP contribution in [0.25, 0.3) is 0 Å². The van der Waals surface area contributed by atoms with Gasteiger partial charge in [-0.1, -0.05) is 19.8 Å². The van der Waals surface area contributed by atoms with Gasteiger partial charge >= 0.3 is 0 Å². The van der Waals surface area contributed by atoms with Crippen molar-refractivity contribution in [1.29, 1.82) is 0 Å². The molecule has 0 atom stereocenters. The molecule has 0 radical (unpaired) electrons. The topological polar surface area (TPSA) is 49.8 Å². The molecule has 1 fully saturated rings. The molecule has 4 nitrogen and oxygen atoms in total. The van der Waals surface area contributed by atoms with E-state index in [1.165, 1.54) is 25.7 Å². The van der Waals surface area contributed by atoms with Crippen LogP contribution in [0.2, 0.25) is 0 Å². The predicted octanol–water partition coefficient (Wildman–Crippen LogP) is 3.69. The lowest BCUT2D eigenvalue weighted by molar-refractivity contribution is 0.638. The van der Waals surface area contributed by atoms with Gasteiger partial charge in [0.05, 0.1) is 0 Å². The van der Waals surface area contributed by atoms with Gasteiger partial charge in [0.2, 0.25) is 0 Å². The van der Waals surface area contributed by atoms with Gasteiger partial charge in [-0.3, -0.25) is 0 Å². The summed E-state index contributed by atoms with van der Waals surface area (Å²) < 4.78 is 0.397. The first kappa shape index (κ1) is 15.4. The Hall–Kier alpha value is -0.970. The Labute approximate surface area is 126 Å². The highest BCUT2D eigenvalue weighted by atomic mass is 32.2. The first-order valence-corrected chi connectivity index (χ1v) is 8.78. The molecular formula is C15H26N4S. The maximum atomic E-state index is 4.40. The van der Waals surface area contributed by atoms with Gasteiger partial charge in [-0.05, 0) is 32.4 Å². The highest BCUT2D eigenvalue weighted by molar-refractivity contribution is 8.00. The number of nitrogens with one attached hydrogen (secondary N) is 2. The van der Waals surface area contributed by atoms with E-state index in [2.05, 4.69) is 40.7 Å². The number of thioether (sulfide) groups is 1. The standard InChI is InChI=1S/C15H26N4S/c1-4-9-16-13-12(2)14(19-11-18-13)17-10-15(20-3)7-5-6-8-15/h11H,4-10H2,1-3H3,(H2,16,17,18,19). The van der Waals surface area contributed by atoms with Crippen LogP contribution in [0, 0.1) is 6.92 Å². The Kier molecular flexibility index (Phi) is 5.52. The third-order valence-electron chi connectivity index (χ3n) is 4.15. The molecule has 0 spiro atoms. The lowest BCUT2D eigenvalue weighted by Crippen LogP contribution is -2.30. The molecule has 0 saturated heterocycles. The molecule has 0 bridgehead atoms. The Bertz CT molecular complexity index is 430. The molecule has 20 heavy (non-hydrogen) atoms. The summed E-state index contributed by atoms with van der Waals surface area (Å²) in [6.07, 6.45) is 10.3. The van der Waals surface area contributed by atoms with Gasteiger partial charge in [0.25, 0.3) is 0 Å². The predicted molar refractivity (Wildman–Crippen MR) is 88.8 cm³/mol. The van der Waals surface area contributed by atoms with Crippen molar-refractivity contribution < 1.29 is 0 Å². The Morgan fingerprint density at radius 3 is 2.45 bits per heavy atom. The normalized spacial score (nSPS) is 17.1. The van der Waals surface area contributed by atoms with Crippen LogP contribution in [-0.4, -0.2) is 34.1 Å². The highest BCUT2D eigenvalue weighted by Gasteiger charge is 2.32. The zero-order chi connectivity index (χ0) is 14.4. The molecule has 0 unspecified atom stereocenters. The molecule has 1 saturated carbocycles. The van der Waals surface area contributed by atoms with Crippen molar-refractivity contribution in [2.24, 2.45) is 0 Å². The second kappa shape index (κ2) is 7.16. The van der Waals surface area contributed by atoms with E-state index in [1.54, 1.807) is 6.33 Å². The Morgan fingerprint density at radius 2 is 1.85 bits per heavy atom. The van der Waals surface area contributed by atoms with Gasteiger partial charge in [0, 0.05) is 23.4 Å². The van der Waals surface area contributed by atoms with Crippen molar-refractivity contribution in [3.8, 4) is 0 Å². The van der Waals surface area contributed by atoms with Crippen molar-refractivity contribution in [3.05, 3.63) is 11.9 Å². The summed E-state index contributed by atoms with van der Waals surface area (Å²) in [6, 6.07) is 0. The summed E-state index contributed by atoms with van der Waals surface area (Å²) in [4.78, 5) is 8.73. The average Bonchev–Trinajstić information content (AvgIpc) is 2.94. The van der Waals surface area contributed by atoms with Crippen LogP contribution in [0.1, 0.15) is 44.6 Å². The van der Waals surface area contributed by atoms with Crippen LogP contribution in [0.5, 0.6) is 0 Å². The summed E-state index contributed by atoms with van der Waals surface area (Å²) in [5.74, 6) is 1.92. The Balaban J connectivity index is 2.02. The first-order chi connectivity index (χ1) is 9.71. The molecule has 112 valence electrons. The maximum Gasteiger partial charge on any atom is 0.134 e. The lowest BCUT2D eigenvalue weighted by atomic mass is 10.1. The second-order valence-corrected chi connectivity index (χ2v) is 6.84. The number of aromatic nitrogens is 2. The summed E-state index contributed by atoms with van der Waals surface area (Å²) in [7, 11) is 0. The van der Waals surface area contributed by atoms with Crippen LogP contribution < -0.4 is 10.6 Å². The number of hydrogen-bond donors (Lipinski definition) is 2. The fourth-order valence-corrected chi connectivity index (χ4v) is 3.68. The fraction of sp³-hybridized carbons (Fsp3) is 0.733. The van der Waals surface area contributed by atoms with Crippen LogP contribution in [0.3, 0.4) is 0 Å². The van der Waals surface area contributed by atoms with Crippen LogP contribution >= 0.6 is 11.8 Å². The van der Waals surface area contributed by atoms with Gasteiger partial charge in [-0.15, -0.1) is 0 Å². The quantitative estimate of drug-likeness (QED) is 0.803. The monoisotopic (exact) mass is 294 g/mol. The van der Waals surface area contributed by atoms with Crippen LogP contribution in [-0.2, 0) is 0 Å². The SMILES string of the molecule is CCCNc1ncnc(NCC2(SC)CCCC2)c1C. The molecular weight excluding hydrogens is 268 g/mol. The van der Waals surface area contributed by atoms with E-state index < -0.39 is 0 Å². The minimum atomic E-state index is 0.397. The number of nitrogens with zero attached hydrogens (tertiary/aromatic N) is 2. The summed E-state index contributed by atoms with van der Waals surface area (Å²) in [5.41, 5.74) is 1.12. The highest BCUT2D eigenvalue weighted by Crippen LogP contribution is 2.40. The molecule has 5 heteroatoms. The zero-order valence-corrected chi connectivity index (χ0v) is 13.6.